The quantitative estimate of drug-likeness (QED) is 0.629. The Hall–Kier alpha value is -2.68. The summed E-state index contributed by atoms with van der Waals surface area (Å²) in [7, 11) is -3.99. The van der Waals surface area contributed by atoms with E-state index in [1.807, 2.05) is 0 Å². The second-order valence-electron chi connectivity index (χ2n) is 5.50. The number of nitrogens with zero attached hydrogens (tertiary/aromatic N) is 1. The number of alkyl halides is 1. The number of halogens is 4. The van der Waals surface area contributed by atoms with E-state index >= 15 is 0 Å². The fraction of sp³-hybridized carbons (Fsp3) is 0.118. The third-order valence-electron chi connectivity index (χ3n) is 3.69. The zero-order valence-corrected chi connectivity index (χ0v) is 14.1. The maximum atomic E-state index is 14.5. The minimum absolute atomic E-state index is 0.0249. The molecule has 4 nitrogen and oxygen atoms in total. The first kappa shape index (κ1) is 18.1. The van der Waals surface area contributed by atoms with Crippen LogP contribution >= 0.6 is 0 Å². The first-order valence-corrected chi connectivity index (χ1v) is 9.11. The molecular formula is C17H11F4NO3S. The maximum absolute atomic E-state index is 14.5. The monoisotopic (exact) mass is 385 g/mol. The van der Waals surface area contributed by atoms with Gasteiger partial charge in [-0.15, -0.1) is 0 Å². The van der Waals surface area contributed by atoms with Crippen molar-refractivity contribution in [1.82, 2.24) is 5.16 Å². The molecule has 2 aromatic carbocycles. The molecule has 0 unspecified atom stereocenters. The van der Waals surface area contributed by atoms with Crippen LogP contribution in [0.4, 0.5) is 17.6 Å². The molecule has 0 saturated heterocycles. The maximum Gasteiger partial charge on any atom is 0.178 e. The van der Waals surface area contributed by atoms with Gasteiger partial charge in [0.05, 0.1) is 5.56 Å². The van der Waals surface area contributed by atoms with Gasteiger partial charge < -0.3 is 4.52 Å². The third-order valence-corrected chi connectivity index (χ3v) is 4.80. The highest BCUT2D eigenvalue weighted by molar-refractivity contribution is 7.90. The van der Waals surface area contributed by atoms with E-state index in [0.717, 1.165) is 18.4 Å². The first-order valence-electron chi connectivity index (χ1n) is 7.22. The standard InChI is InChI=1S/C17H11F4NO3S/c1-26(23,24)15-7-12(20)11(6-13(15)21)16-14(8-18)25-22-17(16)9-2-4-10(19)5-3-9/h2-7H,8H2,1H3. The van der Waals surface area contributed by atoms with Gasteiger partial charge in [0.2, 0.25) is 0 Å². The van der Waals surface area contributed by atoms with Crippen LogP contribution in [-0.2, 0) is 16.5 Å². The number of sulfone groups is 1. The Balaban J connectivity index is 2.26. The van der Waals surface area contributed by atoms with Gasteiger partial charge in [-0.1, -0.05) is 5.16 Å². The Morgan fingerprint density at radius 1 is 1.04 bits per heavy atom. The number of hydrogen-bond donors (Lipinski definition) is 0. The fourth-order valence-corrected chi connectivity index (χ4v) is 3.23. The van der Waals surface area contributed by atoms with E-state index in [0.29, 0.717) is 12.1 Å². The molecule has 0 saturated carbocycles. The van der Waals surface area contributed by atoms with Gasteiger partial charge in [0, 0.05) is 17.4 Å². The first-order chi connectivity index (χ1) is 12.2. The van der Waals surface area contributed by atoms with Crippen LogP contribution in [0.25, 0.3) is 22.4 Å². The molecule has 0 bridgehead atoms. The summed E-state index contributed by atoms with van der Waals surface area (Å²) in [5, 5.41) is 3.66. The average Bonchev–Trinajstić information content (AvgIpc) is 3.00. The van der Waals surface area contributed by atoms with Gasteiger partial charge in [0.25, 0.3) is 0 Å². The van der Waals surface area contributed by atoms with Crippen molar-refractivity contribution < 1.29 is 30.5 Å². The van der Waals surface area contributed by atoms with Crippen LogP contribution in [0.2, 0.25) is 0 Å². The van der Waals surface area contributed by atoms with Gasteiger partial charge in [-0.05, 0) is 36.4 Å². The molecule has 1 heterocycles. The Morgan fingerprint density at radius 3 is 2.27 bits per heavy atom. The molecule has 0 amide bonds. The number of aromatic nitrogens is 1. The second kappa shape index (κ2) is 6.56. The highest BCUT2D eigenvalue weighted by atomic mass is 32.2. The van der Waals surface area contributed by atoms with E-state index in [4.69, 9.17) is 4.52 Å². The molecule has 0 N–H and O–H groups in total. The molecule has 3 rings (SSSR count). The molecule has 9 heteroatoms. The highest BCUT2D eigenvalue weighted by Crippen LogP contribution is 2.38. The fourth-order valence-electron chi connectivity index (χ4n) is 2.50. The summed E-state index contributed by atoms with van der Waals surface area (Å²) >= 11 is 0. The van der Waals surface area contributed by atoms with Gasteiger partial charge in [-0.25, -0.2) is 26.0 Å². The average molecular weight is 385 g/mol. The van der Waals surface area contributed by atoms with Crippen LogP contribution in [0.5, 0.6) is 0 Å². The molecule has 0 fully saturated rings. The molecule has 0 aliphatic heterocycles. The zero-order chi connectivity index (χ0) is 19.1. The Bertz CT molecular complexity index is 1080. The summed E-state index contributed by atoms with van der Waals surface area (Å²) in [4.78, 5) is -0.819. The Morgan fingerprint density at radius 2 is 1.69 bits per heavy atom. The molecular weight excluding hydrogens is 374 g/mol. The summed E-state index contributed by atoms with van der Waals surface area (Å²) in [5.41, 5.74) is -0.321. The highest BCUT2D eigenvalue weighted by Gasteiger charge is 2.25. The van der Waals surface area contributed by atoms with E-state index < -0.39 is 44.4 Å². The largest absolute Gasteiger partial charge is 0.357 e. The Kier molecular flexibility index (Phi) is 4.57. The van der Waals surface area contributed by atoms with E-state index in [2.05, 4.69) is 5.16 Å². The predicted molar refractivity (Wildman–Crippen MR) is 85.2 cm³/mol. The van der Waals surface area contributed by atoms with Crippen molar-refractivity contribution in [3.63, 3.8) is 0 Å². The molecule has 1 aromatic heterocycles. The zero-order valence-electron chi connectivity index (χ0n) is 13.3. The van der Waals surface area contributed by atoms with Crippen molar-refractivity contribution >= 4 is 9.84 Å². The summed E-state index contributed by atoms with van der Waals surface area (Å²) in [5.74, 6) is -3.18. The van der Waals surface area contributed by atoms with E-state index in [1.54, 1.807) is 0 Å². The van der Waals surface area contributed by atoms with E-state index in [1.165, 1.54) is 12.1 Å². The second-order valence-corrected chi connectivity index (χ2v) is 7.49. The minimum atomic E-state index is -3.99. The molecule has 136 valence electrons. The molecule has 26 heavy (non-hydrogen) atoms. The van der Waals surface area contributed by atoms with Crippen molar-refractivity contribution in [3.05, 3.63) is 59.6 Å². The topological polar surface area (TPSA) is 60.2 Å². The van der Waals surface area contributed by atoms with Crippen LogP contribution in [-0.4, -0.2) is 19.8 Å². The minimum Gasteiger partial charge on any atom is -0.357 e. The smallest absolute Gasteiger partial charge is 0.178 e. The van der Waals surface area contributed by atoms with Crippen LogP contribution in [0.15, 0.2) is 45.8 Å². The van der Waals surface area contributed by atoms with E-state index in [9.17, 15) is 26.0 Å². The summed E-state index contributed by atoms with van der Waals surface area (Å²) in [6.07, 6.45) is 0.737. The van der Waals surface area contributed by atoms with Crippen LogP contribution in [0, 0.1) is 17.5 Å². The van der Waals surface area contributed by atoms with Gasteiger partial charge in [-0.3, -0.25) is 0 Å². The molecule has 0 spiro atoms. The SMILES string of the molecule is CS(=O)(=O)c1cc(F)c(-c2c(-c3ccc(F)cc3)noc2CF)cc1F. The van der Waals surface area contributed by atoms with E-state index in [-0.39, 0.29) is 22.6 Å². The lowest BCUT2D eigenvalue weighted by atomic mass is 9.98. The number of hydrogen-bond acceptors (Lipinski definition) is 4. The normalized spacial score (nSPS) is 11.7. The lowest BCUT2D eigenvalue weighted by Crippen LogP contribution is -2.03. The van der Waals surface area contributed by atoms with Gasteiger partial charge in [0.1, 0.15) is 28.0 Å². The van der Waals surface area contributed by atoms with Crippen LogP contribution in [0.3, 0.4) is 0 Å². The van der Waals surface area contributed by atoms with Gasteiger partial charge in [-0.2, -0.15) is 0 Å². The van der Waals surface area contributed by atoms with Crippen molar-refractivity contribution in [2.45, 2.75) is 11.6 Å². The number of rotatable bonds is 4. The summed E-state index contributed by atoms with van der Waals surface area (Å²) < 4.78 is 83.0. The summed E-state index contributed by atoms with van der Waals surface area (Å²) in [6, 6.07) is 6.03. The molecule has 3 aromatic rings. The third kappa shape index (κ3) is 3.22. The van der Waals surface area contributed by atoms with Crippen molar-refractivity contribution in [2.75, 3.05) is 6.26 Å². The molecule has 0 aliphatic carbocycles. The lowest BCUT2D eigenvalue weighted by Gasteiger charge is -2.08. The van der Waals surface area contributed by atoms with Crippen molar-refractivity contribution in [3.8, 4) is 22.4 Å². The molecule has 0 aliphatic rings. The van der Waals surface area contributed by atoms with Gasteiger partial charge in [0.15, 0.2) is 22.3 Å². The number of benzene rings is 2. The van der Waals surface area contributed by atoms with Crippen LogP contribution in [0.1, 0.15) is 5.76 Å². The summed E-state index contributed by atoms with van der Waals surface area (Å²) in [6.45, 7) is -1.15. The molecule has 0 radical (unpaired) electrons. The van der Waals surface area contributed by atoms with Gasteiger partial charge >= 0.3 is 0 Å². The van der Waals surface area contributed by atoms with Crippen molar-refractivity contribution in [1.29, 1.82) is 0 Å². The Labute approximate surface area is 146 Å². The van der Waals surface area contributed by atoms with Crippen molar-refractivity contribution in [2.24, 2.45) is 0 Å². The predicted octanol–water partition coefficient (Wildman–Crippen LogP) is 4.30. The molecule has 0 atom stereocenters. The van der Waals surface area contributed by atoms with Crippen LogP contribution < -0.4 is 0 Å². The lowest BCUT2D eigenvalue weighted by molar-refractivity contribution is 0.332.